The molecule has 0 radical (unpaired) electrons. The van der Waals surface area contributed by atoms with E-state index in [1.54, 1.807) is 38.1 Å². The molecule has 0 heterocycles. The number of hydrogen-bond acceptors (Lipinski definition) is 6. The summed E-state index contributed by atoms with van der Waals surface area (Å²) in [6.07, 6.45) is -0.192. The van der Waals surface area contributed by atoms with Gasteiger partial charge in [0.1, 0.15) is 18.7 Å². The van der Waals surface area contributed by atoms with Crippen molar-refractivity contribution in [1.29, 1.82) is 0 Å². The molecule has 0 aromatic heterocycles. The van der Waals surface area contributed by atoms with Crippen LogP contribution in [0.25, 0.3) is 0 Å². The number of methoxy groups -OCH3 is 1. The molecule has 9 nitrogen and oxygen atoms in total. The zero-order chi connectivity index (χ0) is 24.2. The first-order valence-corrected chi connectivity index (χ1v) is 10.6. The molecule has 0 fully saturated rings. The predicted octanol–water partition coefficient (Wildman–Crippen LogP) is 2.55. The molecule has 0 unspecified atom stereocenters. The van der Waals surface area contributed by atoms with Gasteiger partial charge in [-0.3, -0.25) is 9.59 Å². The number of alkyl carbamates (subject to hydrolysis) is 1. The Morgan fingerprint density at radius 1 is 0.909 bits per heavy atom. The summed E-state index contributed by atoms with van der Waals surface area (Å²) >= 11 is 0. The Hall–Kier alpha value is -3.88. The van der Waals surface area contributed by atoms with E-state index in [9.17, 15) is 19.2 Å². The highest BCUT2D eigenvalue weighted by molar-refractivity contribution is 5.96. The second kappa shape index (κ2) is 12.8. The first-order valence-electron chi connectivity index (χ1n) is 10.6. The number of rotatable bonds is 10. The van der Waals surface area contributed by atoms with Crippen LogP contribution in [0.4, 0.5) is 10.5 Å². The summed E-state index contributed by atoms with van der Waals surface area (Å²) in [7, 11) is 1.26. The van der Waals surface area contributed by atoms with Gasteiger partial charge >= 0.3 is 12.1 Å². The number of carbonyl (C=O) groups excluding carboxylic acids is 4. The van der Waals surface area contributed by atoms with Gasteiger partial charge in [0.25, 0.3) is 0 Å². The monoisotopic (exact) mass is 455 g/mol. The molecular formula is C24H29N3O6. The second-order valence-corrected chi connectivity index (χ2v) is 7.31. The summed E-state index contributed by atoms with van der Waals surface area (Å²) in [5.41, 5.74) is 2.13. The fraction of sp³-hybridized carbons (Fsp3) is 0.333. The lowest BCUT2D eigenvalue weighted by Crippen LogP contribution is -2.42. The zero-order valence-corrected chi connectivity index (χ0v) is 18.9. The molecule has 2 rings (SSSR count). The van der Waals surface area contributed by atoms with Crippen molar-refractivity contribution in [1.82, 2.24) is 10.6 Å². The van der Waals surface area contributed by atoms with Gasteiger partial charge in [0.05, 0.1) is 7.11 Å². The molecule has 0 aliphatic heterocycles. The van der Waals surface area contributed by atoms with E-state index in [0.29, 0.717) is 5.69 Å². The van der Waals surface area contributed by atoms with E-state index >= 15 is 0 Å². The van der Waals surface area contributed by atoms with Crippen LogP contribution in [-0.2, 0) is 36.9 Å². The van der Waals surface area contributed by atoms with Crippen LogP contribution in [0.15, 0.2) is 54.6 Å². The quantitative estimate of drug-likeness (QED) is 0.473. The molecule has 2 aromatic rings. The third kappa shape index (κ3) is 8.64. The van der Waals surface area contributed by atoms with Crippen LogP contribution in [0.5, 0.6) is 0 Å². The summed E-state index contributed by atoms with van der Waals surface area (Å²) in [6, 6.07) is 14.4. The third-order valence-electron chi connectivity index (χ3n) is 4.74. The SMILES string of the molecule is CCC(=O)N[C@H](Cc1ccc(NC(=O)[C@H](C)NC(=O)OCc2ccccc2)cc1)C(=O)OC. The molecule has 0 bridgehead atoms. The Kier molecular flexibility index (Phi) is 9.88. The van der Waals surface area contributed by atoms with Crippen molar-refractivity contribution in [3.63, 3.8) is 0 Å². The molecule has 0 aliphatic carbocycles. The minimum absolute atomic E-state index is 0.105. The zero-order valence-electron chi connectivity index (χ0n) is 18.9. The number of nitrogens with one attached hydrogen (secondary N) is 3. The van der Waals surface area contributed by atoms with E-state index in [-0.39, 0.29) is 25.4 Å². The minimum atomic E-state index is -0.819. The molecule has 3 amide bonds. The number of amides is 3. The van der Waals surface area contributed by atoms with Gasteiger partial charge in [0.15, 0.2) is 0 Å². The smallest absolute Gasteiger partial charge is 0.408 e. The van der Waals surface area contributed by atoms with Gasteiger partial charge in [-0.05, 0) is 30.2 Å². The number of ether oxygens (including phenoxy) is 2. The summed E-state index contributed by atoms with van der Waals surface area (Å²) in [4.78, 5) is 47.9. The van der Waals surface area contributed by atoms with Crippen molar-refractivity contribution in [2.24, 2.45) is 0 Å². The number of anilines is 1. The van der Waals surface area contributed by atoms with Crippen LogP contribution >= 0.6 is 0 Å². The van der Waals surface area contributed by atoms with Crippen molar-refractivity contribution in [3.8, 4) is 0 Å². The Balaban J connectivity index is 1.85. The molecule has 3 N–H and O–H groups in total. The van der Waals surface area contributed by atoms with Gasteiger partial charge in [-0.2, -0.15) is 0 Å². The maximum absolute atomic E-state index is 12.4. The number of benzene rings is 2. The number of esters is 1. The maximum Gasteiger partial charge on any atom is 0.408 e. The molecule has 2 atom stereocenters. The topological polar surface area (TPSA) is 123 Å². The first-order chi connectivity index (χ1) is 15.8. The third-order valence-corrected chi connectivity index (χ3v) is 4.74. The lowest BCUT2D eigenvalue weighted by molar-refractivity contribution is -0.145. The lowest BCUT2D eigenvalue weighted by atomic mass is 10.1. The second-order valence-electron chi connectivity index (χ2n) is 7.31. The average molecular weight is 456 g/mol. The van der Waals surface area contributed by atoms with Crippen LogP contribution in [0, 0.1) is 0 Å². The fourth-order valence-electron chi connectivity index (χ4n) is 2.85. The average Bonchev–Trinajstić information content (AvgIpc) is 2.83. The standard InChI is InChI=1S/C24H29N3O6/c1-4-21(28)27-20(23(30)32-3)14-17-10-12-19(13-11-17)26-22(29)16(2)25-24(31)33-15-18-8-6-5-7-9-18/h5-13,16,20H,4,14-15H2,1-3H3,(H,25,31)(H,26,29)(H,27,28)/t16-,20+/m0/s1. The number of carbonyl (C=O) groups is 4. The predicted molar refractivity (Wildman–Crippen MR) is 122 cm³/mol. The highest BCUT2D eigenvalue weighted by atomic mass is 16.5. The maximum atomic E-state index is 12.4. The van der Waals surface area contributed by atoms with Crippen molar-refractivity contribution < 1.29 is 28.7 Å². The van der Waals surface area contributed by atoms with Crippen LogP contribution in [0.2, 0.25) is 0 Å². The van der Waals surface area contributed by atoms with Gasteiger partial charge in [-0.25, -0.2) is 9.59 Å². The minimum Gasteiger partial charge on any atom is -0.467 e. The van der Waals surface area contributed by atoms with E-state index in [4.69, 9.17) is 9.47 Å². The van der Waals surface area contributed by atoms with Crippen molar-refractivity contribution in [2.45, 2.75) is 45.4 Å². The van der Waals surface area contributed by atoms with Gasteiger partial charge in [-0.1, -0.05) is 49.4 Å². The Morgan fingerprint density at radius 3 is 2.18 bits per heavy atom. The molecule has 0 spiro atoms. The highest BCUT2D eigenvalue weighted by Gasteiger charge is 2.21. The Morgan fingerprint density at radius 2 is 1.58 bits per heavy atom. The summed E-state index contributed by atoms with van der Waals surface area (Å²) < 4.78 is 9.87. The molecule has 176 valence electrons. The van der Waals surface area contributed by atoms with E-state index in [0.717, 1.165) is 11.1 Å². The molecular weight excluding hydrogens is 426 g/mol. The van der Waals surface area contributed by atoms with E-state index in [2.05, 4.69) is 16.0 Å². The molecule has 0 saturated carbocycles. The molecule has 0 aliphatic rings. The van der Waals surface area contributed by atoms with Crippen molar-refractivity contribution >= 4 is 29.6 Å². The molecule has 0 saturated heterocycles. The van der Waals surface area contributed by atoms with Crippen molar-refractivity contribution in [2.75, 3.05) is 12.4 Å². The molecule has 2 aromatic carbocycles. The summed E-state index contributed by atoms with van der Waals surface area (Å²) in [5, 5.41) is 7.82. The van der Waals surface area contributed by atoms with Crippen LogP contribution in [0.3, 0.4) is 0 Å². The summed E-state index contributed by atoms with van der Waals surface area (Å²) in [6.45, 7) is 3.35. The van der Waals surface area contributed by atoms with Gasteiger partial charge in [0, 0.05) is 18.5 Å². The van der Waals surface area contributed by atoms with E-state index in [1.165, 1.54) is 7.11 Å². The van der Waals surface area contributed by atoms with E-state index in [1.807, 2.05) is 30.3 Å². The molecule has 33 heavy (non-hydrogen) atoms. The van der Waals surface area contributed by atoms with Gasteiger partial charge in [-0.15, -0.1) is 0 Å². The van der Waals surface area contributed by atoms with Gasteiger partial charge in [0.2, 0.25) is 11.8 Å². The van der Waals surface area contributed by atoms with Crippen molar-refractivity contribution in [3.05, 3.63) is 65.7 Å². The highest BCUT2D eigenvalue weighted by Crippen LogP contribution is 2.12. The lowest BCUT2D eigenvalue weighted by Gasteiger charge is -2.17. The Labute approximate surface area is 192 Å². The normalized spacial score (nSPS) is 12.1. The van der Waals surface area contributed by atoms with Crippen LogP contribution in [-0.4, -0.2) is 43.1 Å². The van der Waals surface area contributed by atoms with Crippen LogP contribution < -0.4 is 16.0 Å². The van der Waals surface area contributed by atoms with Crippen LogP contribution in [0.1, 0.15) is 31.4 Å². The first kappa shape index (κ1) is 25.4. The van der Waals surface area contributed by atoms with Gasteiger partial charge < -0.3 is 25.4 Å². The summed E-state index contributed by atoms with van der Waals surface area (Å²) in [5.74, 6) is -1.20. The van der Waals surface area contributed by atoms with E-state index < -0.39 is 30.1 Å². The molecule has 9 heteroatoms. The largest absolute Gasteiger partial charge is 0.467 e. The number of hydrogen-bond donors (Lipinski definition) is 3. The fourth-order valence-corrected chi connectivity index (χ4v) is 2.85. The Bertz CT molecular complexity index is 946.